The van der Waals surface area contributed by atoms with Gasteiger partial charge in [0.05, 0.1) is 11.8 Å². The molecule has 0 radical (unpaired) electrons. The minimum Gasteiger partial charge on any atom is -0.489 e. The van der Waals surface area contributed by atoms with E-state index < -0.39 is 0 Å². The highest BCUT2D eigenvalue weighted by Crippen LogP contribution is 2.25. The first kappa shape index (κ1) is 20.3. The van der Waals surface area contributed by atoms with Crippen LogP contribution < -0.4 is 15.4 Å². The van der Waals surface area contributed by atoms with Crippen LogP contribution in [0.2, 0.25) is 0 Å². The van der Waals surface area contributed by atoms with Crippen molar-refractivity contribution in [2.24, 2.45) is 0 Å². The smallest absolute Gasteiger partial charge is 0.274 e. The number of carbonyl (C=O) groups is 1. The molecule has 1 atom stereocenters. The summed E-state index contributed by atoms with van der Waals surface area (Å²) < 4.78 is 5.77. The summed E-state index contributed by atoms with van der Waals surface area (Å²) in [7, 11) is 0. The van der Waals surface area contributed by atoms with Crippen molar-refractivity contribution in [2.45, 2.75) is 39.8 Å². The molecule has 0 spiro atoms. The van der Waals surface area contributed by atoms with E-state index in [1.165, 1.54) is 0 Å². The number of para-hydroxylation sites is 2. The lowest BCUT2D eigenvalue weighted by atomic mass is 10.1. The third-order valence-corrected chi connectivity index (χ3v) is 4.23. The molecule has 2 aromatic carbocycles. The number of ether oxygens (including phenoxy) is 1. The molecule has 1 amide bonds. The lowest BCUT2D eigenvalue weighted by Gasteiger charge is -2.16. The molecule has 0 aliphatic carbocycles. The maximum absolute atomic E-state index is 12.8. The Morgan fingerprint density at radius 1 is 0.966 bits per heavy atom. The van der Waals surface area contributed by atoms with Gasteiger partial charge in [-0.15, -0.1) is 0 Å². The molecule has 0 aliphatic rings. The molecule has 3 aromatic rings. The minimum atomic E-state index is -0.314. The van der Waals surface area contributed by atoms with E-state index in [4.69, 9.17) is 4.74 Å². The fourth-order valence-corrected chi connectivity index (χ4v) is 2.92. The van der Waals surface area contributed by atoms with Gasteiger partial charge in [0.15, 0.2) is 0 Å². The topological polar surface area (TPSA) is 76.1 Å². The first-order chi connectivity index (χ1) is 13.9. The maximum Gasteiger partial charge on any atom is 0.274 e. The Kier molecular flexibility index (Phi) is 6.44. The third kappa shape index (κ3) is 5.54. The van der Waals surface area contributed by atoms with Crippen LogP contribution in [0.15, 0.2) is 60.7 Å². The summed E-state index contributed by atoms with van der Waals surface area (Å²) in [4.78, 5) is 21.5. The Bertz CT molecular complexity index is 974. The highest BCUT2D eigenvalue weighted by Gasteiger charge is 2.15. The summed E-state index contributed by atoms with van der Waals surface area (Å²) in [5.74, 6) is 1.43. The Balaban J connectivity index is 1.78. The molecule has 1 unspecified atom stereocenters. The monoisotopic (exact) mass is 390 g/mol. The van der Waals surface area contributed by atoms with Crippen LogP contribution in [0.25, 0.3) is 0 Å². The molecular weight excluding hydrogens is 364 g/mol. The molecule has 0 saturated carbocycles. The summed E-state index contributed by atoms with van der Waals surface area (Å²) in [6.45, 7) is 7.70. The fourth-order valence-electron chi connectivity index (χ4n) is 2.92. The molecule has 0 bridgehead atoms. The second-order valence-electron chi connectivity index (χ2n) is 7.08. The Morgan fingerprint density at radius 2 is 1.66 bits per heavy atom. The average Bonchev–Trinajstić information content (AvgIpc) is 2.69. The molecule has 29 heavy (non-hydrogen) atoms. The quantitative estimate of drug-likeness (QED) is 0.594. The second-order valence-corrected chi connectivity index (χ2v) is 7.08. The van der Waals surface area contributed by atoms with Crippen molar-refractivity contribution in [3.8, 4) is 5.75 Å². The Hall–Kier alpha value is -3.41. The van der Waals surface area contributed by atoms with Crippen molar-refractivity contribution in [1.82, 2.24) is 9.97 Å². The molecule has 0 aliphatic heterocycles. The van der Waals surface area contributed by atoms with Gasteiger partial charge in [0.1, 0.15) is 23.1 Å². The van der Waals surface area contributed by atoms with E-state index in [0.717, 1.165) is 5.56 Å². The predicted octanol–water partition coefficient (Wildman–Crippen LogP) is 5.00. The summed E-state index contributed by atoms with van der Waals surface area (Å²) in [5, 5.41) is 6.23. The van der Waals surface area contributed by atoms with Crippen LogP contribution in [0.4, 0.5) is 11.5 Å². The van der Waals surface area contributed by atoms with Crippen molar-refractivity contribution >= 4 is 17.4 Å². The second kappa shape index (κ2) is 9.19. The van der Waals surface area contributed by atoms with Gasteiger partial charge >= 0.3 is 0 Å². The molecule has 1 heterocycles. The summed E-state index contributed by atoms with van der Waals surface area (Å²) in [6.07, 6.45) is 0.00428. The van der Waals surface area contributed by atoms with E-state index >= 15 is 0 Å². The van der Waals surface area contributed by atoms with Gasteiger partial charge in [-0.05, 0) is 45.4 Å². The summed E-state index contributed by atoms with van der Waals surface area (Å²) in [5.41, 5.74) is 2.03. The number of hydrogen-bond donors (Lipinski definition) is 2. The Labute approximate surface area is 171 Å². The lowest BCUT2D eigenvalue weighted by Crippen LogP contribution is -2.17. The zero-order valence-electron chi connectivity index (χ0n) is 17.1. The van der Waals surface area contributed by atoms with E-state index in [0.29, 0.717) is 28.8 Å². The van der Waals surface area contributed by atoms with Crippen LogP contribution in [0.5, 0.6) is 5.75 Å². The van der Waals surface area contributed by atoms with Crippen molar-refractivity contribution in [3.63, 3.8) is 0 Å². The van der Waals surface area contributed by atoms with E-state index in [9.17, 15) is 4.79 Å². The van der Waals surface area contributed by atoms with Crippen LogP contribution in [0, 0.1) is 6.92 Å². The molecule has 150 valence electrons. The van der Waals surface area contributed by atoms with Crippen molar-refractivity contribution < 1.29 is 9.53 Å². The number of carbonyl (C=O) groups excluding carboxylic acids is 1. The molecule has 0 fully saturated rings. The normalized spacial score (nSPS) is 11.8. The van der Waals surface area contributed by atoms with Crippen LogP contribution in [0.1, 0.15) is 48.7 Å². The van der Waals surface area contributed by atoms with Gasteiger partial charge in [0.25, 0.3) is 5.91 Å². The van der Waals surface area contributed by atoms with Crippen molar-refractivity contribution in [1.29, 1.82) is 0 Å². The van der Waals surface area contributed by atoms with E-state index in [1.54, 1.807) is 19.1 Å². The average molecular weight is 390 g/mol. The van der Waals surface area contributed by atoms with Gasteiger partial charge in [-0.2, -0.15) is 0 Å². The largest absolute Gasteiger partial charge is 0.489 e. The van der Waals surface area contributed by atoms with E-state index in [1.807, 2.05) is 69.3 Å². The molecule has 0 saturated heterocycles. The molecule has 2 N–H and O–H groups in total. The zero-order valence-corrected chi connectivity index (χ0v) is 17.1. The molecule has 6 nitrogen and oxygen atoms in total. The number of nitrogens with zero attached hydrogens (tertiary/aromatic N) is 2. The molecule has 6 heteroatoms. The lowest BCUT2D eigenvalue weighted by molar-refractivity contribution is 0.102. The van der Waals surface area contributed by atoms with E-state index in [-0.39, 0.29) is 18.1 Å². The number of hydrogen-bond acceptors (Lipinski definition) is 5. The van der Waals surface area contributed by atoms with Gasteiger partial charge in [-0.1, -0.05) is 42.5 Å². The van der Waals surface area contributed by atoms with Crippen molar-refractivity contribution in [3.05, 3.63) is 77.7 Å². The predicted molar refractivity (Wildman–Crippen MR) is 115 cm³/mol. The van der Waals surface area contributed by atoms with Gasteiger partial charge in [-0.3, -0.25) is 4.79 Å². The number of aromatic nitrogens is 2. The minimum absolute atomic E-state index is 0.00428. The molecular formula is C23H26N4O2. The van der Waals surface area contributed by atoms with Gasteiger partial charge in [0.2, 0.25) is 0 Å². The summed E-state index contributed by atoms with van der Waals surface area (Å²) >= 11 is 0. The Morgan fingerprint density at radius 3 is 2.38 bits per heavy atom. The van der Waals surface area contributed by atoms with Gasteiger partial charge < -0.3 is 15.4 Å². The number of amides is 1. The first-order valence-corrected chi connectivity index (χ1v) is 9.66. The van der Waals surface area contributed by atoms with Crippen LogP contribution in [-0.4, -0.2) is 22.0 Å². The van der Waals surface area contributed by atoms with Crippen molar-refractivity contribution in [2.75, 3.05) is 10.6 Å². The number of benzene rings is 2. The highest BCUT2D eigenvalue weighted by molar-refractivity contribution is 6.04. The molecule has 3 rings (SSSR count). The number of anilines is 2. The number of nitrogens with one attached hydrogen (secondary N) is 2. The zero-order chi connectivity index (χ0) is 20.8. The van der Waals surface area contributed by atoms with Gasteiger partial charge in [-0.25, -0.2) is 9.97 Å². The first-order valence-electron chi connectivity index (χ1n) is 9.66. The van der Waals surface area contributed by atoms with E-state index in [2.05, 4.69) is 20.6 Å². The van der Waals surface area contributed by atoms with Crippen LogP contribution in [0.3, 0.4) is 0 Å². The SMILES string of the molecule is Cc1nc(NC(C)c2ccccc2)cc(C(=O)Nc2ccccc2OC(C)C)n1. The number of rotatable bonds is 7. The standard InChI is InChI=1S/C23H26N4O2/c1-15(2)29-21-13-9-8-12-19(21)27-23(28)20-14-22(26-17(4)25-20)24-16(3)18-10-6-5-7-11-18/h5-16H,1-4H3,(H,27,28)(H,24,25,26). The van der Waals surface area contributed by atoms with Gasteiger partial charge in [0, 0.05) is 12.1 Å². The number of aryl methyl sites for hydroxylation is 1. The van der Waals surface area contributed by atoms with Crippen LogP contribution in [-0.2, 0) is 0 Å². The highest BCUT2D eigenvalue weighted by atomic mass is 16.5. The maximum atomic E-state index is 12.8. The molecule has 1 aromatic heterocycles. The summed E-state index contributed by atoms with van der Waals surface area (Å²) in [6, 6.07) is 19.1. The van der Waals surface area contributed by atoms with Crippen LogP contribution >= 0.6 is 0 Å². The fraction of sp³-hybridized carbons (Fsp3) is 0.261. The third-order valence-electron chi connectivity index (χ3n) is 4.23.